The first-order valence-electron chi connectivity index (χ1n) is 4.22. The maximum absolute atomic E-state index is 8.64. The normalized spacial score (nSPS) is 11.9. The fraction of sp³-hybridized carbons (Fsp3) is 0.444. The number of hydrogen-bond donors (Lipinski definition) is 2. The number of nitrogens with two attached hydrogens (primary N) is 1. The minimum absolute atomic E-state index is 0. The average molecular weight is 282 g/mol. The summed E-state index contributed by atoms with van der Waals surface area (Å²) in [7, 11) is 0. The lowest BCUT2D eigenvalue weighted by molar-refractivity contribution is 0.280. The molecule has 0 aromatic carbocycles. The lowest BCUT2D eigenvalue weighted by Gasteiger charge is -2.10. The number of aliphatic hydroxyl groups is 1. The van der Waals surface area contributed by atoms with Crippen molar-refractivity contribution in [2.45, 2.75) is 18.9 Å². The molecule has 1 atom stereocenters. The molecule has 1 aromatic heterocycles. The second-order valence-corrected chi connectivity index (χ2v) is 3.70. The molecule has 0 amide bonds. The molecular weight excluding hydrogens is 267 g/mol. The summed E-state index contributed by atoms with van der Waals surface area (Å²) in [5.74, 6) is 0. The van der Waals surface area contributed by atoms with Crippen LogP contribution in [0.3, 0.4) is 0 Å². The SMILES string of the molecule is Cl.N[C@@H](CCCO)c1ccnc(Br)c1. The number of nitrogens with zero attached hydrogens (tertiary/aromatic N) is 1. The van der Waals surface area contributed by atoms with Gasteiger partial charge in [-0.2, -0.15) is 0 Å². The Bertz CT molecular complexity index is 273. The van der Waals surface area contributed by atoms with Crippen LogP contribution in [-0.4, -0.2) is 16.7 Å². The van der Waals surface area contributed by atoms with E-state index >= 15 is 0 Å². The zero-order chi connectivity index (χ0) is 9.68. The molecule has 0 aliphatic carbocycles. The van der Waals surface area contributed by atoms with Crippen molar-refractivity contribution in [1.82, 2.24) is 4.98 Å². The summed E-state index contributed by atoms with van der Waals surface area (Å²) >= 11 is 3.28. The molecule has 0 fully saturated rings. The summed E-state index contributed by atoms with van der Waals surface area (Å²) < 4.78 is 0.796. The van der Waals surface area contributed by atoms with Gasteiger partial charge in [0.15, 0.2) is 0 Å². The highest BCUT2D eigenvalue weighted by Crippen LogP contribution is 2.17. The fourth-order valence-electron chi connectivity index (χ4n) is 1.13. The van der Waals surface area contributed by atoms with Crippen LogP contribution in [0.5, 0.6) is 0 Å². The highest BCUT2D eigenvalue weighted by Gasteiger charge is 2.05. The molecule has 0 radical (unpaired) electrons. The van der Waals surface area contributed by atoms with E-state index in [2.05, 4.69) is 20.9 Å². The number of rotatable bonds is 4. The minimum Gasteiger partial charge on any atom is -0.396 e. The van der Waals surface area contributed by atoms with Crippen LogP contribution < -0.4 is 5.73 Å². The zero-order valence-corrected chi connectivity index (χ0v) is 10.1. The van der Waals surface area contributed by atoms with Gasteiger partial charge in [-0.05, 0) is 46.5 Å². The van der Waals surface area contributed by atoms with Gasteiger partial charge in [-0.25, -0.2) is 4.98 Å². The third-order valence-electron chi connectivity index (χ3n) is 1.85. The van der Waals surface area contributed by atoms with Crippen LogP contribution >= 0.6 is 28.3 Å². The van der Waals surface area contributed by atoms with E-state index in [1.54, 1.807) is 6.20 Å². The van der Waals surface area contributed by atoms with Gasteiger partial charge in [0, 0.05) is 18.8 Å². The molecule has 0 saturated carbocycles. The molecule has 0 saturated heterocycles. The second-order valence-electron chi connectivity index (χ2n) is 2.88. The predicted octanol–water partition coefficient (Wildman–Crippen LogP) is 2.04. The van der Waals surface area contributed by atoms with Crippen LogP contribution in [-0.2, 0) is 0 Å². The summed E-state index contributed by atoms with van der Waals surface area (Å²) in [6, 6.07) is 3.79. The summed E-state index contributed by atoms with van der Waals surface area (Å²) in [6.07, 6.45) is 3.26. The van der Waals surface area contributed by atoms with Crippen LogP contribution in [0.15, 0.2) is 22.9 Å². The molecule has 0 unspecified atom stereocenters. The Balaban J connectivity index is 0.00000169. The maximum Gasteiger partial charge on any atom is 0.106 e. The zero-order valence-electron chi connectivity index (χ0n) is 7.69. The molecule has 0 bridgehead atoms. The smallest absolute Gasteiger partial charge is 0.106 e. The first-order valence-corrected chi connectivity index (χ1v) is 5.01. The van der Waals surface area contributed by atoms with Gasteiger partial charge in [-0.1, -0.05) is 0 Å². The van der Waals surface area contributed by atoms with Crippen LogP contribution in [0.4, 0.5) is 0 Å². The molecule has 1 rings (SSSR count). The largest absolute Gasteiger partial charge is 0.396 e. The van der Waals surface area contributed by atoms with Crippen LogP contribution in [0.2, 0.25) is 0 Å². The van der Waals surface area contributed by atoms with E-state index in [1.165, 1.54) is 0 Å². The Morgan fingerprint density at radius 1 is 1.57 bits per heavy atom. The fourth-order valence-corrected chi connectivity index (χ4v) is 1.51. The monoisotopic (exact) mass is 280 g/mol. The molecule has 1 heterocycles. The lowest BCUT2D eigenvalue weighted by atomic mass is 10.1. The van der Waals surface area contributed by atoms with E-state index < -0.39 is 0 Å². The van der Waals surface area contributed by atoms with E-state index in [0.29, 0.717) is 0 Å². The van der Waals surface area contributed by atoms with Gasteiger partial charge >= 0.3 is 0 Å². The molecule has 0 aliphatic rings. The number of aromatic nitrogens is 1. The quantitative estimate of drug-likeness (QED) is 0.830. The number of halogens is 2. The first-order chi connectivity index (χ1) is 6.24. The van der Waals surface area contributed by atoms with Crippen molar-refractivity contribution >= 4 is 28.3 Å². The summed E-state index contributed by atoms with van der Waals surface area (Å²) in [5, 5.41) is 8.64. The molecule has 0 spiro atoms. The Morgan fingerprint density at radius 2 is 2.29 bits per heavy atom. The standard InChI is InChI=1S/C9H13BrN2O.ClH/c10-9-6-7(3-4-12-9)8(11)2-1-5-13;/h3-4,6,8,13H,1-2,5,11H2;1H/t8-;/m0./s1. The lowest BCUT2D eigenvalue weighted by Crippen LogP contribution is -2.10. The highest BCUT2D eigenvalue weighted by molar-refractivity contribution is 9.10. The van der Waals surface area contributed by atoms with Crippen LogP contribution in [0, 0.1) is 0 Å². The van der Waals surface area contributed by atoms with Crippen molar-refractivity contribution in [3.05, 3.63) is 28.5 Å². The van der Waals surface area contributed by atoms with Crippen LogP contribution in [0.1, 0.15) is 24.4 Å². The Morgan fingerprint density at radius 3 is 2.86 bits per heavy atom. The van der Waals surface area contributed by atoms with Gasteiger partial charge in [0.25, 0.3) is 0 Å². The highest BCUT2D eigenvalue weighted by atomic mass is 79.9. The summed E-state index contributed by atoms with van der Waals surface area (Å²) in [6.45, 7) is 0.194. The molecule has 3 nitrogen and oxygen atoms in total. The Kier molecular flexibility index (Phi) is 7.09. The first kappa shape index (κ1) is 13.8. The molecular formula is C9H14BrClN2O. The van der Waals surface area contributed by atoms with E-state index in [1.807, 2.05) is 12.1 Å². The molecule has 5 heteroatoms. The van der Waals surface area contributed by atoms with Gasteiger partial charge in [0.05, 0.1) is 0 Å². The van der Waals surface area contributed by atoms with Crippen molar-refractivity contribution in [1.29, 1.82) is 0 Å². The van der Waals surface area contributed by atoms with Crippen molar-refractivity contribution in [2.24, 2.45) is 5.73 Å². The van der Waals surface area contributed by atoms with Crippen molar-refractivity contribution < 1.29 is 5.11 Å². The van der Waals surface area contributed by atoms with Crippen LogP contribution in [0.25, 0.3) is 0 Å². The molecule has 1 aromatic rings. The third-order valence-corrected chi connectivity index (χ3v) is 2.29. The van der Waals surface area contributed by atoms with Gasteiger partial charge in [0.2, 0.25) is 0 Å². The maximum atomic E-state index is 8.64. The van der Waals surface area contributed by atoms with Gasteiger partial charge in [-0.15, -0.1) is 12.4 Å². The van der Waals surface area contributed by atoms with E-state index in [-0.39, 0.29) is 25.1 Å². The topological polar surface area (TPSA) is 59.1 Å². The van der Waals surface area contributed by atoms with Crippen molar-refractivity contribution in [3.8, 4) is 0 Å². The molecule has 0 aliphatic heterocycles. The predicted molar refractivity (Wildman–Crippen MR) is 62.4 cm³/mol. The van der Waals surface area contributed by atoms with Crippen molar-refractivity contribution in [2.75, 3.05) is 6.61 Å². The number of pyridine rings is 1. The summed E-state index contributed by atoms with van der Waals surface area (Å²) in [5.41, 5.74) is 6.94. The van der Waals surface area contributed by atoms with E-state index in [4.69, 9.17) is 10.8 Å². The second kappa shape index (κ2) is 7.17. The molecule has 80 valence electrons. The van der Waals surface area contributed by atoms with E-state index in [0.717, 1.165) is 23.0 Å². The third kappa shape index (κ3) is 4.37. The van der Waals surface area contributed by atoms with E-state index in [9.17, 15) is 0 Å². The minimum atomic E-state index is -0.00792. The molecule has 3 N–H and O–H groups in total. The number of hydrogen-bond acceptors (Lipinski definition) is 3. The van der Waals surface area contributed by atoms with Gasteiger partial charge in [0.1, 0.15) is 4.60 Å². The Hall–Kier alpha value is -0.160. The van der Waals surface area contributed by atoms with Gasteiger partial charge in [-0.3, -0.25) is 0 Å². The summed E-state index contributed by atoms with van der Waals surface area (Å²) in [4.78, 5) is 4.01. The molecule has 14 heavy (non-hydrogen) atoms. The Labute approximate surface area is 98.3 Å². The number of aliphatic hydroxyl groups excluding tert-OH is 1. The average Bonchev–Trinajstić information content (AvgIpc) is 2.14. The van der Waals surface area contributed by atoms with Gasteiger partial charge < -0.3 is 10.8 Å². The van der Waals surface area contributed by atoms with Crippen molar-refractivity contribution in [3.63, 3.8) is 0 Å².